The molecular weight excluding hydrogens is 383 g/mol. The Morgan fingerprint density at radius 3 is 2.37 bits per heavy atom. The summed E-state index contributed by atoms with van der Waals surface area (Å²) in [5, 5.41) is 15.4. The number of rotatable bonds is 4. The average molecular weight is 394 g/mol. The highest BCUT2D eigenvalue weighted by molar-refractivity contribution is 6.30. The Morgan fingerprint density at radius 1 is 1.11 bits per heavy atom. The van der Waals surface area contributed by atoms with Crippen LogP contribution in [0, 0.1) is 5.41 Å². The van der Waals surface area contributed by atoms with Crippen LogP contribution in [0.15, 0.2) is 48.8 Å². The monoisotopic (exact) mass is 393 g/mol. The van der Waals surface area contributed by atoms with Gasteiger partial charge in [-0.2, -0.15) is 23.0 Å². The van der Waals surface area contributed by atoms with Crippen LogP contribution < -0.4 is 10.8 Å². The lowest BCUT2D eigenvalue weighted by Crippen LogP contribution is -2.25. The molecule has 0 aliphatic rings. The van der Waals surface area contributed by atoms with Gasteiger partial charge in [-0.3, -0.25) is 10.2 Å². The highest BCUT2D eigenvalue weighted by Crippen LogP contribution is 2.30. The van der Waals surface area contributed by atoms with Gasteiger partial charge in [0.2, 0.25) is 6.41 Å². The lowest BCUT2D eigenvalue weighted by Gasteiger charge is -2.14. The molecule has 3 rings (SSSR count). The molecule has 2 N–H and O–H groups in total. The normalized spacial score (nSPS) is 11.3. The fourth-order valence-electron chi connectivity index (χ4n) is 2.32. The zero-order valence-corrected chi connectivity index (χ0v) is 14.2. The summed E-state index contributed by atoms with van der Waals surface area (Å²) in [6.45, 7) is 0. The minimum Gasteiger partial charge on any atom is -0.351 e. The number of anilines is 2. The molecule has 3 aromatic rings. The van der Waals surface area contributed by atoms with E-state index in [4.69, 9.17) is 17.0 Å². The third-order valence-corrected chi connectivity index (χ3v) is 3.88. The number of benzene rings is 1. The molecule has 0 unspecified atom stereocenters. The zero-order chi connectivity index (χ0) is 19.6. The number of nitrogens with one attached hydrogen (secondary N) is 2. The van der Waals surface area contributed by atoms with Crippen LogP contribution in [0.1, 0.15) is 5.69 Å². The molecule has 0 aliphatic carbocycles. The molecule has 0 spiro atoms. The van der Waals surface area contributed by atoms with Crippen molar-refractivity contribution in [3.63, 3.8) is 0 Å². The second kappa shape index (κ2) is 7.20. The fourth-order valence-corrected chi connectivity index (χ4v) is 2.44. The van der Waals surface area contributed by atoms with Gasteiger partial charge < -0.3 is 5.32 Å². The largest absolute Gasteiger partial charge is 0.433 e. The molecule has 138 valence electrons. The molecule has 1 aromatic carbocycles. The SMILES string of the molecule is N=c1c(Nc2ccc(C(F)(F)F)nc2)c(-c2ccc(Cl)cc2)cnn1C=O. The Hall–Kier alpha value is -3.20. The van der Waals surface area contributed by atoms with Crippen LogP contribution in [0.25, 0.3) is 11.1 Å². The second-order valence-corrected chi connectivity index (χ2v) is 5.83. The Bertz CT molecular complexity index is 1030. The fraction of sp³-hybridized carbons (Fsp3) is 0.0588. The maximum absolute atomic E-state index is 12.7. The first kappa shape index (κ1) is 18.6. The number of carbonyl (C=O) groups is 1. The number of nitrogens with zero attached hydrogens (tertiary/aromatic N) is 3. The van der Waals surface area contributed by atoms with Crippen molar-refractivity contribution in [2.45, 2.75) is 6.18 Å². The Morgan fingerprint density at radius 2 is 1.81 bits per heavy atom. The summed E-state index contributed by atoms with van der Waals surface area (Å²) in [5.41, 5.74) is 0.221. The predicted molar refractivity (Wildman–Crippen MR) is 93.2 cm³/mol. The molecule has 27 heavy (non-hydrogen) atoms. The second-order valence-electron chi connectivity index (χ2n) is 5.39. The summed E-state index contributed by atoms with van der Waals surface area (Å²) >= 11 is 5.88. The van der Waals surface area contributed by atoms with Gasteiger partial charge in [0.05, 0.1) is 23.8 Å². The molecule has 0 saturated heterocycles. The van der Waals surface area contributed by atoms with Gasteiger partial charge in [0.15, 0.2) is 5.49 Å². The van der Waals surface area contributed by atoms with Gasteiger partial charge in [-0.25, -0.2) is 4.98 Å². The van der Waals surface area contributed by atoms with E-state index in [0.717, 1.165) is 16.9 Å². The maximum Gasteiger partial charge on any atom is 0.433 e. The first-order valence-corrected chi connectivity index (χ1v) is 7.85. The minimum absolute atomic E-state index is 0.181. The van der Waals surface area contributed by atoms with Crippen LogP contribution in [0.4, 0.5) is 24.5 Å². The number of alkyl halides is 3. The molecule has 2 aromatic heterocycles. The average Bonchev–Trinajstić information content (AvgIpc) is 2.64. The molecule has 0 fully saturated rings. The van der Waals surface area contributed by atoms with Crippen LogP contribution in [-0.4, -0.2) is 21.2 Å². The first-order valence-electron chi connectivity index (χ1n) is 7.47. The van der Waals surface area contributed by atoms with Crippen molar-refractivity contribution in [1.82, 2.24) is 14.8 Å². The van der Waals surface area contributed by atoms with Crippen molar-refractivity contribution in [3.05, 3.63) is 65.0 Å². The van der Waals surface area contributed by atoms with Crippen molar-refractivity contribution in [2.75, 3.05) is 5.32 Å². The summed E-state index contributed by atoms with van der Waals surface area (Å²) in [5.74, 6) is 0. The van der Waals surface area contributed by atoms with E-state index in [1.807, 2.05) is 0 Å². The highest BCUT2D eigenvalue weighted by atomic mass is 35.5. The molecule has 10 heteroatoms. The van der Waals surface area contributed by atoms with Gasteiger partial charge in [0, 0.05) is 10.6 Å². The van der Waals surface area contributed by atoms with Gasteiger partial charge in [-0.1, -0.05) is 23.7 Å². The molecule has 0 aliphatic heterocycles. The summed E-state index contributed by atoms with van der Waals surface area (Å²) in [6.07, 6.45) is -1.83. The Kier molecular flexibility index (Phi) is 4.95. The van der Waals surface area contributed by atoms with E-state index in [0.29, 0.717) is 22.6 Å². The number of hydrogen-bond acceptors (Lipinski definition) is 5. The predicted octanol–water partition coefficient (Wildman–Crippen LogP) is 3.88. The number of pyridine rings is 1. The lowest BCUT2D eigenvalue weighted by molar-refractivity contribution is -0.141. The molecule has 0 saturated carbocycles. The molecule has 6 nitrogen and oxygen atoms in total. The summed E-state index contributed by atoms with van der Waals surface area (Å²) in [7, 11) is 0. The van der Waals surface area contributed by atoms with E-state index in [1.165, 1.54) is 12.3 Å². The molecule has 0 radical (unpaired) electrons. The number of aromatic nitrogens is 3. The molecule has 0 amide bonds. The Labute approximate surface area is 155 Å². The zero-order valence-electron chi connectivity index (χ0n) is 13.5. The number of carbonyl (C=O) groups excluding carboxylic acids is 1. The molecule has 0 bridgehead atoms. The highest BCUT2D eigenvalue weighted by Gasteiger charge is 2.32. The van der Waals surface area contributed by atoms with Gasteiger partial charge >= 0.3 is 6.18 Å². The molecule has 0 atom stereocenters. The van der Waals surface area contributed by atoms with Crippen molar-refractivity contribution in [3.8, 4) is 11.1 Å². The summed E-state index contributed by atoms with van der Waals surface area (Å²) < 4.78 is 38.8. The standard InChI is InChI=1S/C17H11ClF3N5O/c18-11-3-1-10(2-4-11)13-8-24-26(9-27)16(22)15(13)25-12-5-6-14(23-7-12)17(19,20)21/h1-9,22,25H. The van der Waals surface area contributed by atoms with E-state index < -0.39 is 11.9 Å². The lowest BCUT2D eigenvalue weighted by atomic mass is 10.1. The minimum atomic E-state index is -4.55. The summed E-state index contributed by atoms with van der Waals surface area (Å²) in [4.78, 5) is 14.5. The topological polar surface area (TPSA) is 83.7 Å². The van der Waals surface area contributed by atoms with Crippen molar-refractivity contribution in [1.29, 1.82) is 5.41 Å². The van der Waals surface area contributed by atoms with E-state index >= 15 is 0 Å². The van der Waals surface area contributed by atoms with Crippen molar-refractivity contribution >= 4 is 29.4 Å². The van der Waals surface area contributed by atoms with Crippen molar-refractivity contribution in [2.24, 2.45) is 0 Å². The van der Waals surface area contributed by atoms with Crippen LogP contribution in [0.5, 0.6) is 0 Å². The third kappa shape index (κ3) is 3.98. The van der Waals surface area contributed by atoms with Gasteiger partial charge in [-0.15, -0.1) is 0 Å². The van der Waals surface area contributed by atoms with Crippen LogP contribution in [0.3, 0.4) is 0 Å². The number of hydrogen-bond donors (Lipinski definition) is 2. The van der Waals surface area contributed by atoms with Crippen LogP contribution in [-0.2, 0) is 11.0 Å². The van der Waals surface area contributed by atoms with E-state index in [2.05, 4.69) is 15.4 Å². The van der Waals surface area contributed by atoms with Crippen LogP contribution >= 0.6 is 11.6 Å². The van der Waals surface area contributed by atoms with E-state index in [9.17, 15) is 18.0 Å². The third-order valence-electron chi connectivity index (χ3n) is 3.62. The maximum atomic E-state index is 12.7. The van der Waals surface area contributed by atoms with Crippen molar-refractivity contribution < 1.29 is 18.0 Å². The smallest absolute Gasteiger partial charge is 0.351 e. The van der Waals surface area contributed by atoms with Gasteiger partial charge in [0.25, 0.3) is 0 Å². The molecular formula is C17H11ClF3N5O. The summed E-state index contributed by atoms with van der Waals surface area (Å²) in [6, 6.07) is 8.69. The number of halogens is 4. The first-order chi connectivity index (χ1) is 12.8. The van der Waals surface area contributed by atoms with Gasteiger partial charge in [0.1, 0.15) is 5.69 Å². The van der Waals surface area contributed by atoms with E-state index in [1.54, 1.807) is 24.3 Å². The quantitative estimate of drug-likeness (QED) is 0.659. The van der Waals surface area contributed by atoms with E-state index in [-0.39, 0.29) is 16.9 Å². The molecule has 2 heterocycles. The Balaban J connectivity index is 2.06. The van der Waals surface area contributed by atoms with Crippen LogP contribution in [0.2, 0.25) is 5.02 Å². The van der Waals surface area contributed by atoms with Gasteiger partial charge in [-0.05, 0) is 29.8 Å².